The summed E-state index contributed by atoms with van der Waals surface area (Å²) in [4.78, 5) is 0. The highest BCUT2D eigenvalue weighted by Gasteiger charge is 2.14. The molecule has 1 nitrogen and oxygen atoms in total. The van der Waals surface area contributed by atoms with E-state index in [4.69, 9.17) is 11.6 Å². The Morgan fingerprint density at radius 2 is 1.89 bits per heavy atom. The van der Waals surface area contributed by atoms with Crippen molar-refractivity contribution in [3.8, 4) is 0 Å². The van der Waals surface area contributed by atoms with Crippen molar-refractivity contribution in [2.45, 2.75) is 19.9 Å². The average molecular weight is 260 g/mol. The topological polar surface area (TPSA) is 12.0 Å². The van der Waals surface area contributed by atoms with Gasteiger partial charge in [0.2, 0.25) is 0 Å². The Balaban J connectivity index is 2.43. The third-order valence-electron chi connectivity index (χ3n) is 3.09. The lowest BCUT2D eigenvalue weighted by molar-refractivity contribution is 0.628. The molecule has 18 heavy (non-hydrogen) atoms. The summed E-state index contributed by atoms with van der Waals surface area (Å²) in [6.07, 6.45) is 0. The number of halogens is 1. The van der Waals surface area contributed by atoms with Crippen LogP contribution in [0.3, 0.4) is 0 Å². The quantitative estimate of drug-likeness (QED) is 0.861. The van der Waals surface area contributed by atoms with Crippen LogP contribution in [0.1, 0.15) is 29.7 Å². The fraction of sp³-hybridized carbons (Fsp3) is 0.250. The van der Waals surface area contributed by atoms with Crippen LogP contribution in [0.15, 0.2) is 48.5 Å². The molecular weight excluding hydrogens is 242 g/mol. The van der Waals surface area contributed by atoms with E-state index in [1.165, 1.54) is 16.7 Å². The number of nitrogens with one attached hydrogen (secondary N) is 1. The molecule has 0 radical (unpaired) electrons. The van der Waals surface area contributed by atoms with Crippen LogP contribution in [0.4, 0.5) is 0 Å². The van der Waals surface area contributed by atoms with E-state index >= 15 is 0 Å². The SMILES string of the molecule is CCNC(c1cccc(Cl)c1)c1ccccc1C. The summed E-state index contributed by atoms with van der Waals surface area (Å²) < 4.78 is 0. The summed E-state index contributed by atoms with van der Waals surface area (Å²) in [6.45, 7) is 5.19. The van der Waals surface area contributed by atoms with Gasteiger partial charge in [-0.3, -0.25) is 0 Å². The van der Waals surface area contributed by atoms with Gasteiger partial charge in [-0.2, -0.15) is 0 Å². The summed E-state index contributed by atoms with van der Waals surface area (Å²) >= 11 is 6.09. The Labute approximate surface area is 114 Å². The molecule has 1 N–H and O–H groups in total. The molecule has 0 aliphatic rings. The van der Waals surface area contributed by atoms with Crippen molar-refractivity contribution >= 4 is 11.6 Å². The van der Waals surface area contributed by atoms with E-state index in [9.17, 15) is 0 Å². The molecule has 0 aliphatic heterocycles. The van der Waals surface area contributed by atoms with E-state index in [1.54, 1.807) is 0 Å². The monoisotopic (exact) mass is 259 g/mol. The van der Waals surface area contributed by atoms with Crippen molar-refractivity contribution < 1.29 is 0 Å². The lowest BCUT2D eigenvalue weighted by Gasteiger charge is -2.21. The molecule has 2 rings (SSSR count). The predicted molar refractivity (Wildman–Crippen MR) is 78.2 cm³/mol. The van der Waals surface area contributed by atoms with Gasteiger partial charge in [-0.05, 0) is 42.3 Å². The van der Waals surface area contributed by atoms with Gasteiger partial charge in [-0.1, -0.05) is 54.9 Å². The van der Waals surface area contributed by atoms with Gasteiger partial charge in [0, 0.05) is 5.02 Å². The molecule has 0 aliphatic carbocycles. The van der Waals surface area contributed by atoms with Crippen LogP contribution in [0.25, 0.3) is 0 Å². The van der Waals surface area contributed by atoms with Gasteiger partial charge in [-0.15, -0.1) is 0 Å². The second kappa shape index (κ2) is 6.03. The van der Waals surface area contributed by atoms with Crippen molar-refractivity contribution in [1.29, 1.82) is 0 Å². The van der Waals surface area contributed by atoms with Crippen LogP contribution in [-0.4, -0.2) is 6.54 Å². The standard InChI is InChI=1S/C16H18ClN/c1-3-18-16(13-8-6-9-14(17)11-13)15-10-5-4-7-12(15)2/h4-11,16,18H,3H2,1-2H3. The molecule has 0 saturated heterocycles. The zero-order chi connectivity index (χ0) is 13.0. The van der Waals surface area contributed by atoms with Gasteiger partial charge in [0.05, 0.1) is 6.04 Å². The molecule has 1 unspecified atom stereocenters. The number of benzene rings is 2. The summed E-state index contributed by atoms with van der Waals surface area (Å²) in [7, 11) is 0. The molecule has 0 spiro atoms. The maximum absolute atomic E-state index is 6.09. The van der Waals surface area contributed by atoms with Crippen LogP contribution in [0.5, 0.6) is 0 Å². The zero-order valence-electron chi connectivity index (χ0n) is 10.8. The third kappa shape index (κ3) is 2.92. The molecule has 0 heterocycles. The zero-order valence-corrected chi connectivity index (χ0v) is 11.5. The van der Waals surface area contributed by atoms with Crippen LogP contribution < -0.4 is 5.32 Å². The van der Waals surface area contributed by atoms with E-state index in [0.717, 1.165) is 11.6 Å². The first-order valence-electron chi connectivity index (χ1n) is 6.26. The van der Waals surface area contributed by atoms with Gasteiger partial charge in [0.1, 0.15) is 0 Å². The van der Waals surface area contributed by atoms with E-state index in [2.05, 4.69) is 49.5 Å². The van der Waals surface area contributed by atoms with Crippen molar-refractivity contribution in [2.24, 2.45) is 0 Å². The molecule has 0 bridgehead atoms. The number of aryl methyl sites for hydroxylation is 1. The summed E-state index contributed by atoms with van der Waals surface area (Å²) in [5.41, 5.74) is 3.81. The highest BCUT2D eigenvalue weighted by molar-refractivity contribution is 6.30. The second-order valence-electron chi connectivity index (χ2n) is 4.40. The van der Waals surface area contributed by atoms with Crippen LogP contribution in [0.2, 0.25) is 5.02 Å². The molecule has 2 aromatic rings. The Morgan fingerprint density at radius 3 is 2.56 bits per heavy atom. The minimum atomic E-state index is 0.204. The largest absolute Gasteiger partial charge is 0.307 e. The van der Waals surface area contributed by atoms with Gasteiger partial charge in [0.15, 0.2) is 0 Å². The first-order valence-corrected chi connectivity index (χ1v) is 6.64. The molecule has 1 atom stereocenters. The number of hydrogen-bond acceptors (Lipinski definition) is 1. The summed E-state index contributed by atoms with van der Waals surface area (Å²) in [5.74, 6) is 0. The fourth-order valence-electron chi connectivity index (χ4n) is 2.21. The predicted octanol–water partition coefficient (Wildman–Crippen LogP) is 4.35. The van der Waals surface area contributed by atoms with Gasteiger partial charge < -0.3 is 5.32 Å². The summed E-state index contributed by atoms with van der Waals surface area (Å²) in [5, 5.41) is 4.31. The van der Waals surface area contributed by atoms with Crippen molar-refractivity contribution in [3.63, 3.8) is 0 Å². The van der Waals surface area contributed by atoms with E-state index in [0.29, 0.717) is 0 Å². The van der Waals surface area contributed by atoms with E-state index in [1.807, 2.05) is 18.2 Å². The van der Waals surface area contributed by atoms with Crippen molar-refractivity contribution in [3.05, 3.63) is 70.2 Å². The van der Waals surface area contributed by atoms with E-state index < -0.39 is 0 Å². The molecule has 94 valence electrons. The van der Waals surface area contributed by atoms with Gasteiger partial charge in [0.25, 0.3) is 0 Å². The van der Waals surface area contributed by atoms with Crippen molar-refractivity contribution in [1.82, 2.24) is 5.32 Å². The normalized spacial score (nSPS) is 12.4. The van der Waals surface area contributed by atoms with E-state index in [-0.39, 0.29) is 6.04 Å². The smallest absolute Gasteiger partial charge is 0.0579 e. The second-order valence-corrected chi connectivity index (χ2v) is 4.84. The van der Waals surface area contributed by atoms with Gasteiger partial charge in [-0.25, -0.2) is 0 Å². The lowest BCUT2D eigenvalue weighted by Crippen LogP contribution is -2.22. The molecule has 0 aromatic heterocycles. The molecule has 0 saturated carbocycles. The number of hydrogen-bond donors (Lipinski definition) is 1. The Morgan fingerprint density at radius 1 is 1.11 bits per heavy atom. The minimum absolute atomic E-state index is 0.204. The minimum Gasteiger partial charge on any atom is -0.307 e. The lowest BCUT2D eigenvalue weighted by atomic mass is 9.95. The average Bonchev–Trinajstić information content (AvgIpc) is 2.37. The first kappa shape index (κ1) is 13.1. The fourth-order valence-corrected chi connectivity index (χ4v) is 2.41. The highest BCUT2D eigenvalue weighted by atomic mass is 35.5. The van der Waals surface area contributed by atoms with Gasteiger partial charge >= 0.3 is 0 Å². The van der Waals surface area contributed by atoms with Crippen molar-refractivity contribution in [2.75, 3.05) is 6.54 Å². The Hall–Kier alpha value is -1.31. The Bertz CT molecular complexity index is 522. The molecule has 2 aromatic carbocycles. The molecular formula is C16H18ClN. The maximum Gasteiger partial charge on any atom is 0.0579 e. The molecule has 2 heteroatoms. The first-order chi connectivity index (χ1) is 8.72. The van der Waals surface area contributed by atoms with Crippen LogP contribution in [0, 0.1) is 6.92 Å². The summed E-state index contributed by atoms with van der Waals surface area (Å²) in [6, 6.07) is 16.7. The third-order valence-corrected chi connectivity index (χ3v) is 3.32. The van der Waals surface area contributed by atoms with Crippen LogP contribution in [-0.2, 0) is 0 Å². The number of rotatable bonds is 4. The molecule has 0 amide bonds. The molecule has 0 fully saturated rings. The maximum atomic E-state index is 6.09. The van der Waals surface area contributed by atoms with Crippen LogP contribution >= 0.6 is 11.6 Å². The highest BCUT2D eigenvalue weighted by Crippen LogP contribution is 2.26. The Kier molecular flexibility index (Phi) is 4.40.